The van der Waals surface area contributed by atoms with Crippen molar-refractivity contribution in [1.29, 1.82) is 0 Å². The van der Waals surface area contributed by atoms with E-state index in [0.29, 0.717) is 0 Å². The van der Waals surface area contributed by atoms with Crippen molar-refractivity contribution < 1.29 is 0 Å². The molecule has 2 rings (SSSR count). The fraction of sp³-hybridized carbons (Fsp3) is 0.333. The molecule has 106 valence electrons. The second-order valence-electron chi connectivity index (χ2n) is 5.18. The maximum absolute atomic E-state index is 3.20. The lowest BCUT2D eigenvalue weighted by molar-refractivity contribution is 0.816. The van der Waals surface area contributed by atoms with Crippen molar-refractivity contribution in [2.75, 3.05) is 18.5 Å². The Bertz CT molecular complexity index is 575. The highest BCUT2D eigenvalue weighted by Crippen LogP contribution is 2.30. The number of rotatable bonds is 5. The maximum atomic E-state index is 3.20. The molecule has 2 aromatic rings. The van der Waals surface area contributed by atoms with Gasteiger partial charge in [0, 0.05) is 24.5 Å². The Hall–Kier alpha value is -1.80. The Labute approximate surface area is 122 Å². The van der Waals surface area contributed by atoms with E-state index in [9.17, 15) is 0 Å². The van der Waals surface area contributed by atoms with Gasteiger partial charge < -0.3 is 10.2 Å². The second-order valence-corrected chi connectivity index (χ2v) is 5.18. The molecule has 0 bridgehead atoms. The molecule has 0 fully saturated rings. The fourth-order valence-corrected chi connectivity index (χ4v) is 2.67. The molecule has 2 nitrogen and oxygen atoms in total. The third-order valence-electron chi connectivity index (χ3n) is 3.66. The molecule has 1 N–H and O–H groups in total. The van der Waals surface area contributed by atoms with Crippen molar-refractivity contribution in [3.63, 3.8) is 0 Å². The minimum absolute atomic E-state index is 0.914. The Morgan fingerprint density at radius 1 is 0.950 bits per heavy atom. The summed E-state index contributed by atoms with van der Waals surface area (Å²) in [6, 6.07) is 15.3. The molecule has 0 heterocycles. The number of para-hydroxylation sites is 1. The number of nitrogens with one attached hydrogen (secondary N) is 1. The quantitative estimate of drug-likeness (QED) is 0.875. The molecule has 20 heavy (non-hydrogen) atoms. The topological polar surface area (TPSA) is 15.3 Å². The number of hydrogen-bond donors (Lipinski definition) is 1. The highest BCUT2D eigenvalue weighted by atomic mass is 15.1. The van der Waals surface area contributed by atoms with Crippen LogP contribution in [0, 0.1) is 13.8 Å². The van der Waals surface area contributed by atoms with Crippen molar-refractivity contribution in [1.82, 2.24) is 5.32 Å². The van der Waals surface area contributed by atoms with Gasteiger partial charge in [0.2, 0.25) is 0 Å². The van der Waals surface area contributed by atoms with Gasteiger partial charge in [-0.05, 0) is 56.6 Å². The third-order valence-corrected chi connectivity index (χ3v) is 3.66. The Kier molecular flexibility index (Phi) is 4.80. The van der Waals surface area contributed by atoms with Crippen LogP contribution in [0.2, 0.25) is 0 Å². The fourth-order valence-electron chi connectivity index (χ4n) is 2.67. The van der Waals surface area contributed by atoms with Gasteiger partial charge in [-0.1, -0.05) is 30.3 Å². The molecule has 0 spiro atoms. The lowest BCUT2D eigenvalue weighted by atomic mass is 10.1. The van der Waals surface area contributed by atoms with Gasteiger partial charge in [-0.15, -0.1) is 0 Å². The molecule has 0 amide bonds. The second kappa shape index (κ2) is 6.58. The molecule has 0 aliphatic carbocycles. The number of anilines is 2. The molecular weight excluding hydrogens is 244 g/mol. The molecule has 0 aliphatic heterocycles. The van der Waals surface area contributed by atoms with Crippen LogP contribution < -0.4 is 10.2 Å². The first-order valence-corrected chi connectivity index (χ1v) is 7.24. The minimum Gasteiger partial charge on any atom is -0.341 e. The summed E-state index contributed by atoms with van der Waals surface area (Å²) in [7, 11) is 1.98. The van der Waals surface area contributed by atoms with E-state index in [-0.39, 0.29) is 0 Å². The largest absolute Gasteiger partial charge is 0.341 e. The highest BCUT2D eigenvalue weighted by Gasteiger charge is 2.11. The van der Waals surface area contributed by atoms with E-state index >= 15 is 0 Å². The molecule has 0 aromatic heterocycles. The molecule has 0 radical (unpaired) electrons. The zero-order valence-corrected chi connectivity index (χ0v) is 12.9. The van der Waals surface area contributed by atoms with Crippen molar-refractivity contribution in [2.24, 2.45) is 0 Å². The molecule has 2 aromatic carbocycles. The normalized spacial score (nSPS) is 10.6. The van der Waals surface area contributed by atoms with Crippen LogP contribution in [0.5, 0.6) is 0 Å². The summed E-state index contributed by atoms with van der Waals surface area (Å²) >= 11 is 0. The van der Waals surface area contributed by atoms with Gasteiger partial charge in [0.1, 0.15) is 0 Å². The monoisotopic (exact) mass is 268 g/mol. The lowest BCUT2D eigenvalue weighted by Crippen LogP contribution is -2.18. The van der Waals surface area contributed by atoms with Crippen molar-refractivity contribution >= 4 is 11.4 Å². The molecule has 0 saturated carbocycles. The summed E-state index contributed by atoms with van der Waals surface area (Å²) in [4.78, 5) is 2.38. The smallest absolute Gasteiger partial charge is 0.0440 e. The van der Waals surface area contributed by atoms with Crippen LogP contribution in [0.3, 0.4) is 0 Å². The SMILES string of the molecule is CCN(c1ccccc1C)c1ccc(CNC)cc1C. The first kappa shape index (κ1) is 14.6. The summed E-state index contributed by atoms with van der Waals surface area (Å²) in [6.45, 7) is 8.44. The van der Waals surface area contributed by atoms with E-state index in [2.05, 4.69) is 73.5 Å². The van der Waals surface area contributed by atoms with Crippen LogP contribution >= 0.6 is 0 Å². The van der Waals surface area contributed by atoms with Crippen LogP contribution in [0.25, 0.3) is 0 Å². The van der Waals surface area contributed by atoms with Crippen LogP contribution in [0.1, 0.15) is 23.6 Å². The summed E-state index contributed by atoms with van der Waals surface area (Å²) in [5, 5.41) is 3.20. The zero-order valence-electron chi connectivity index (χ0n) is 12.9. The standard InChI is InChI=1S/C18H24N2/c1-5-20(17-9-7-6-8-14(17)2)18-11-10-16(13-19-4)12-15(18)3/h6-12,19H,5,13H2,1-4H3. The van der Waals surface area contributed by atoms with Gasteiger partial charge in [0.25, 0.3) is 0 Å². The van der Waals surface area contributed by atoms with Gasteiger partial charge in [-0.3, -0.25) is 0 Å². The molecule has 0 atom stereocenters. The van der Waals surface area contributed by atoms with E-state index in [0.717, 1.165) is 13.1 Å². The van der Waals surface area contributed by atoms with Gasteiger partial charge >= 0.3 is 0 Å². The molecule has 0 saturated heterocycles. The summed E-state index contributed by atoms with van der Waals surface area (Å²) < 4.78 is 0. The summed E-state index contributed by atoms with van der Waals surface area (Å²) in [5.74, 6) is 0. The lowest BCUT2D eigenvalue weighted by Gasteiger charge is -2.27. The van der Waals surface area contributed by atoms with E-state index < -0.39 is 0 Å². The number of aryl methyl sites for hydroxylation is 2. The zero-order chi connectivity index (χ0) is 14.5. The minimum atomic E-state index is 0.914. The van der Waals surface area contributed by atoms with E-state index in [4.69, 9.17) is 0 Å². The van der Waals surface area contributed by atoms with Gasteiger partial charge in [-0.25, -0.2) is 0 Å². The van der Waals surface area contributed by atoms with Gasteiger partial charge in [0.05, 0.1) is 0 Å². The van der Waals surface area contributed by atoms with Crippen molar-refractivity contribution in [2.45, 2.75) is 27.3 Å². The summed E-state index contributed by atoms with van der Waals surface area (Å²) in [5.41, 5.74) is 6.55. The van der Waals surface area contributed by atoms with E-state index in [1.807, 2.05) is 7.05 Å². The van der Waals surface area contributed by atoms with Crippen molar-refractivity contribution in [3.05, 3.63) is 59.2 Å². The van der Waals surface area contributed by atoms with Crippen molar-refractivity contribution in [3.8, 4) is 0 Å². The van der Waals surface area contributed by atoms with E-state index in [1.54, 1.807) is 0 Å². The Morgan fingerprint density at radius 2 is 1.65 bits per heavy atom. The van der Waals surface area contributed by atoms with Gasteiger partial charge in [-0.2, -0.15) is 0 Å². The highest BCUT2D eigenvalue weighted by molar-refractivity contribution is 5.69. The Balaban J connectivity index is 2.40. The van der Waals surface area contributed by atoms with Crippen LogP contribution in [-0.2, 0) is 6.54 Å². The third kappa shape index (κ3) is 3.02. The maximum Gasteiger partial charge on any atom is 0.0440 e. The first-order valence-electron chi connectivity index (χ1n) is 7.24. The number of benzene rings is 2. The first-order chi connectivity index (χ1) is 9.67. The predicted octanol–water partition coefficient (Wildman–Crippen LogP) is 4.18. The van der Waals surface area contributed by atoms with Crippen LogP contribution in [-0.4, -0.2) is 13.6 Å². The predicted molar refractivity (Wildman–Crippen MR) is 87.8 cm³/mol. The number of nitrogens with zero attached hydrogens (tertiary/aromatic N) is 1. The molecular formula is C18H24N2. The van der Waals surface area contributed by atoms with Crippen LogP contribution in [0.4, 0.5) is 11.4 Å². The molecule has 0 unspecified atom stereocenters. The average Bonchev–Trinajstić information content (AvgIpc) is 2.44. The van der Waals surface area contributed by atoms with Crippen LogP contribution in [0.15, 0.2) is 42.5 Å². The molecule has 0 aliphatic rings. The Morgan fingerprint density at radius 3 is 2.25 bits per heavy atom. The van der Waals surface area contributed by atoms with E-state index in [1.165, 1.54) is 28.1 Å². The molecule has 2 heteroatoms. The average molecular weight is 268 g/mol. The summed E-state index contributed by atoms with van der Waals surface area (Å²) in [6.07, 6.45) is 0. The number of hydrogen-bond acceptors (Lipinski definition) is 2. The van der Waals surface area contributed by atoms with Gasteiger partial charge in [0.15, 0.2) is 0 Å².